The molecular weight excluding hydrogens is 400 g/mol. The number of esters is 1. The van der Waals surface area contributed by atoms with E-state index in [9.17, 15) is 19.2 Å². The van der Waals surface area contributed by atoms with Crippen LogP contribution in [0.5, 0.6) is 5.75 Å². The van der Waals surface area contributed by atoms with Crippen molar-refractivity contribution >= 4 is 34.9 Å². The van der Waals surface area contributed by atoms with Gasteiger partial charge >= 0.3 is 5.97 Å². The normalized spacial score (nSPS) is 15.2. The van der Waals surface area contributed by atoms with Gasteiger partial charge in [-0.3, -0.25) is 19.3 Å². The maximum atomic E-state index is 12.7. The molecule has 0 fully saturated rings. The Labute approximate surface area is 180 Å². The second-order valence-electron chi connectivity index (χ2n) is 7.51. The molecule has 1 aliphatic heterocycles. The molecule has 31 heavy (non-hydrogen) atoms. The fourth-order valence-electron chi connectivity index (χ4n) is 3.14. The van der Waals surface area contributed by atoms with Crippen LogP contribution < -0.4 is 15.0 Å². The summed E-state index contributed by atoms with van der Waals surface area (Å²) in [5, 5.41) is 2.69. The molecule has 0 aromatic heterocycles. The highest BCUT2D eigenvalue weighted by molar-refractivity contribution is 6.07. The third kappa shape index (κ3) is 5.09. The van der Waals surface area contributed by atoms with Crippen molar-refractivity contribution < 1.29 is 28.7 Å². The van der Waals surface area contributed by atoms with E-state index < -0.39 is 23.9 Å². The van der Waals surface area contributed by atoms with Crippen LogP contribution in [0.4, 0.5) is 11.4 Å². The summed E-state index contributed by atoms with van der Waals surface area (Å²) < 4.78 is 10.8. The summed E-state index contributed by atoms with van der Waals surface area (Å²) in [5.74, 6) is -1.09. The number of rotatable bonds is 6. The van der Waals surface area contributed by atoms with Crippen molar-refractivity contribution in [2.75, 3.05) is 16.8 Å². The molecule has 1 aliphatic rings. The van der Waals surface area contributed by atoms with E-state index in [1.807, 2.05) is 0 Å². The molecule has 1 heterocycles. The number of nitrogens with zero attached hydrogens (tertiary/aromatic N) is 1. The second kappa shape index (κ2) is 8.99. The first-order chi connectivity index (χ1) is 14.7. The number of Topliss-reactive ketones (excluding diaryl/α,β-unsaturated/α-hetero) is 1. The minimum absolute atomic E-state index is 0.164. The molecule has 3 rings (SSSR count). The van der Waals surface area contributed by atoms with E-state index in [0.717, 1.165) is 0 Å². The zero-order chi connectivity index (χ0) is 22.7. The molecule has 2 amide bonds. The van der Waals surface area contributed by atoms with Gasteiger partial charge in [0.1, 0.15) is 12.3 Å². The summed E-state index contributed by atoms with van der Waals surface area (Å²) in [6, 6.07) is 11.1. The highest BCUT2D eigenvalue weighted by atomic mass is 16.5. The number of ether oxygens (including phenoxy) is 2. The van der Waals surface area contributed by atoms with E-state index in [0.29, 0.717) is 28.3 Å². The number of hydrogen-bond acceptors (Lipinski definition) is 6. The number of ketones is 1. The fraction of sp³-hybridized carbons (Fsp3) is 0.304. The third-order valence-electron chi connectivity index (χ3n) is 4.60. The van der Waals surface area contributed by atoms with Gasteiger partial charge in [0.25, 0.3) is 5.91 Å². The van der Waals surface area contributed by atoms with Gasteiger partial charge < -0.3 is 14.8 Å². The predicted molar refractivity (Wildman–Crippen MR) is 115 cm³/mol. The number of carbonyl (C=O) groups is 4. The van der Waals surface area contributed by atoms with Crippen molar-refractivity contribution in [1.29, 1.82) is 0 Å². The Hall–Kier alpha value is -3.68. The van der Waals surface area contributed by atoms with Crippen molar-refractivity contribution in [2.45, 2.75) is 39.9 Å². The number of anilines is 2. The van der Waals surface area contributed by atoms with E-state index in [-0.39, 0.29) is 18.4 Å². The molecule has 2 aromatic rings. The van der Waals surface area contributed by atoms with Crippen LogP contribution in [-0.4, -0.2) is 42.3 Å². The lowest BCUT2D eigenvalue weighted by Gasteiger charge is -2.32. The Balaban J connectivity index is 1.79. The van der Waals surface area contributed by atoms with Crippen LogP contribution in [-0.2, 0) is 14.3 Å². The van der Waals surface area contributed by atoms with Crippen molar-refractivity contribution in [2.24, 2.45) is 0 Å². The number of fused-ring (bicyclic) bond motifs is 1. The van der Waals surface area contributed by atoms with Crippen molar-refractivity contribution in [1.82, 2.24) is 0 Å². The van der Waals surface area contributed by atoms with E-state index >= 15 is 0 Å². The molecule has 0 bridgehead atoms. The Morgan fingerprint density at radius 1 is 1.13 bits per heavy atom. The third-order valence-corrected chi connectivity index (χ3v) is 4.60. The van der Waals surface area contributed by atoms with Crippen LogP contribution in [0.15, 0.2) is 42.5 Å². The summed E-state index contributed by atoms with van der Waals surface area (Å²) in [6.07, 6.45) is -1.03. The number of benzene rings is 2. The zero-order valence-corrected chi connectivity index (χ0v) is 17.8. The van der Waals surface area contributed by atoms with Gasteiger partial charge in [-0.25, -0.2) is 4.79 Å². The first-order valence-corrected chi connectivity index (χ1v) is 9.89. The van der Waals surface area contributed by atoms with Crippen LogP contribution in [0.1, 0.15) is 48.4 Å². The lowest BCUT2D eigenvalue weighted by molar-refractivity contribution is -0.127. The minimum atomic E-state index is -0.766. The molecular formula is C23H24N2O6. The summed E-state index contributed by atoms with van der Waals surface area (Å²) in [5.41, 5.74) is 1.47. The summed E-state index contributed by atoms with van der Waals surface area (Å²) in [6.45, 7) is 6.24. The average molecular weight is 424 g/mol. The molecule has 162 valence electrons. The minimum Gasteiger partial charge on any atom is -0.479 e. The quantitative estimate of drug-likeness (QED) is 0.564. The molecule has 0 radical (unpaired) electrons. The number of hydrogen-bond donors (Lipinski definition) is 1. The molecule has 1 N–H and O–H groups in total. The maximum absolute atomic E-state index is 12.7. The van der Waals surface area contributed by atoms with E-state index in [1.165, 1.54) is 24.0 Å². The predicted octanol–water partition coefficient (Wildman–Crippen LogP) is 3.21. The SMILES string of the molecule is CC(=O)c1ccc2c(c1)N(CC(=O)Nc1cccc(C(=O)OC(C)C)c1)C(=O)C(C)O2. The number of carbonyl (C=O) groups excluding carboxylic acids is 4. The lowest BCUT2D eigenvalue weighted by atomic mass is 10.1. The van der Waals surface area contributed by atoms with Crippen molar-refractivity contribution in [3.63, 3.8) is 0 Å². The van der Waals surface area contributed by atoms with Gasteiger partial charge in [0.15, 0.2) is 11.9 Å². The van der Waals surface area contributed by atoms with E-state index in [1.54, 1.807) is 51.1 Å². The Bertz CT molecular complexity index is 1050. The zero-order valence-electron chi connectivity index (χ0n) is 17.8. The molecule has 8 heteroatoms. The monoisotopic (exact) mass is 424 g/mol. The Kier molecular flexibility index (Phi) is 6.39. The number of nitrogens with one attached hydrogen (secondary N) is 1. The van der Waals surface area contributed by atoms with Gasteiger partial charge in [-0.2, -0.15) is 0 Å². The Morgan fingerprint density at radius 2 is 1.87 bits per heavy atom. The van der Waals surface area contributed by atoms with Crippen LogP contribution in [0.3, 0.4) is 0 Å². The average Bonchev–Trinajstić information content (AvgIpc) is 2.70. The fourth-order valence-corrected chi connectivity index (χ4v) is 3.14. The largest absolute Gasteiger partial charge is 0.479 e. The second-order valence-corrected chi connectivity index (χ2v) is 7.51. The summed E-state index contributed by atoms with van der Waals surface area (Å²) >= 11 is 0. The molecule has 8 nitrogen and oxygen atoms in total. The molecule has 0 saturated heterocycles. The smallest absolute Gasteiger partial charge is 0.338 e. The summed E-state index contributed by atoms with van der Waals surface area (Å²) in [4.78, 5) is 50.5. The van der Waals surface area contributed by atoms with Crippen LogP contribution in [0.25, 0.3) is 0 Å². The molecule has 1 unspecified atom stereocenters. The maximum Gasteiger partial charge on any atom is 0.338 e. The van der Waals surface area contributed by atoms with Crippen LogP contribution in [0.2, 0.25) is 0 Å². The van der Waals surface area contributed by atoms with Crippen molar-refractivity contribution in [3.8, 4) is 5.75 Å². The van der Waals surface area contributed by atoms with Gasteiger partial charge in [-0.1, -0.05) is 6.07 Å². The standard InChI is InChI=1S/C23H24N2O6/c1-13(2)30-23(29)17-6-5-7-18(10-17)24-21(27)12-25-19-11-16(14(3)26)8-9-20(19)31-15(4)22(25)28/h5-11,13,15H,12H2,1-4H3,(H,24,27). The first kappa shape index (κ1) is 22.0. The van der Waals surface area contributed by atoms with Gasteiger partial charge in [-0.15, -0.1) is 0 Å². The van der Waals surface area contributed by atoms with Gasteiger partial charge in [0.2, 0.25) is 5.91 Å². The van der Waals surface area contributed by atoms with Gasteiger partial charge in [-0.05, 0) is 64.1 Å². The summed E-state index contributed by atoms with van der Waals surface area (Å²) in [7, 11) is 0. The van der Waals surface area contributed by atoms with Crippen molar-refractivity contribution in [3.05, 3.63) is 53.6 Å². The first-order valence-electron chi connectivity index (χ1n) is 9.89. The molecule has 0 spiro atoms. The molecule has 0 saturated carbocycles. The van der Waals surface area contributed by atoms with Gasteiger partial charge in [0, 0.05) is 11.3 Å². The van der Waals surface area contributed by atoms with E-state index in [4.69, 9.17) is 9.47 Å². The number of amides is 2. The van der Waals surface area contributed by atoms with Crippen LogP contribution >= 0.6 is 0 Å². The highest BCUT2D eigenvalue weighted by Gasteiger charge is 2.33. The van der Waals surface area contributed by atoms with Crippen LogP contribution in [0, 0.1) is 0 Å². The molecule has 2 aromatic carbocycles. The Morgan fingerprint density at radius 3 is 2.55 bits per heavy atom. The molecule has 1 atom stereocenters. The molecule has 0 aliphatic carbocycles. The topological polar surface area (TPSA) is 102 Å². The van der Waals surface area contributed by atoms with E-state index in [2.05, 4.69) is 5.32 Å². The highest BCUT2D eigenvalue weighted by Crippen LogP contribution is 2.35. The lowest BCUT2D eigenvalue weighted by Crippen LogP contribution is -2.47. The van der Waals surface area contributed by atoms with Gasteiger partial charge in [0.05, 0.1) is 17.4 Å².